The number of rotatable bonds is 3. The molecule has 1 fully saturated rings. The standard InChI is InChI=1S/C12H13FN4O4/c13-8-4-3-7(6-10(8)17(20)21)15-11(18)9-2-1-5-16(9)12(14)19/h3-4,6,9H,1-2,5H2,(H2,14,19)(H,15,18)/t9-/m1/s1. The van der Waals surface area contributed by atoms with Crippen LogP contribution in [0.15, 0.2) is 18.2 Å². The van der Waals surface area contributed by atoms with Crippen molar-refractivity contribution in [3.05, 3.63) is 34.1 Å². The zero-order chi connectivity index (χ0) is 15.6. The summed E-state index contributed by atoms with van der Waals surface area (Å²) in [4.78, 5) is 34.2. The van der Waals surface area contributed by atoms with Gasteiger partial charge >= 0.3 is 11.7 Å². The lowest BCUT2D eigenvalue weighted by molar-refractivity contribution is -0.387. The molecule has 1 aliphatic heterocycles. The van der Waals surface area contributed by atoms with Crippen molar-refractivity contribution < 1.29 is 18.9 Å². The Morgan fingerprint density at radius 2 is 2.19 bits per heavy atom. The first kappa shape index (κ1) is 14.7. The number of likely N-dealkylation sites (tertiary alicyclic amines) is 1. The number of urea groups is 1. The molecule has 1 aliphatic rings. The Morgan fingerprint density at radius 1 is 1.48 bits per heavy atom. The van der Waals surface area contributed by atoms with Crippen LogP contribution in [0.3, 0.4) is 0 Å². The van der Waals surface area contributed by atoms with Crippen LogP contribution in [0.4, 0.5) is 20.6 Å². The molecule has 0 radical (unpaired) electrons. The molecular formula is C12H13FN4O4. The summed E-state index contributed by atoms with van der Waals surface area (Å²) >= 11 is 0. The zero-order valence-corrected chi connectivity index (χ0v) is 10.9. The quantitative estimate of drug-likeness (QED) is 0.643. The molecule has 0 aromatic heterocycles. The van der Waals surface area contributed by atoms with Gasteiger partial charge < -0.3 is 16.0 Å². The fraction of sp³-hybridized carbons (Fsp3) is 0.333. The Hall–Kier alpha value is -2.71. The Kier molecular flexibility index (Phi) is 4.01. The number of carbonyl (C=O) groups is 2. The van der Waals surface area contributed by atoms with Crippen molar-refractivity contribution in [2.45, 2.75) is 18.9 Å². The van der Waals surface area contributed by atoms with E-state index < -0.39 is 34.4 Å². The summed E-state index contributed by atoms with van der Waals surface area (Å²) in [5, 5.41) is 13.1. The number of hydrogen-bond donors (Lipinski definition) is 2. The number of nitrogens with zero attached hydrogens (tertiary/aromatic N) is 2. The van der Waals surface area contributed by atoms with E-state index in [1.54, 1.807) is 0 Å². The van der Waals surface area contributed by atoms with Gasteiger partial charge in [0.2, 0.25) is 11.7 Å². The van der Waals surface area contributed by atoms with E-state index in [0.717, 1.165) is 12.1 Å². The number of halogens is 1. The van der Waals surface area contributed by atoms with Crippen molar-refractivity contribution in [1.82, 2.24) is 4.90 Å². The van der Waals surface area contributed by atoms with Gasteiger partial charge in [-0.05, 0) is 25.0 Å². The summed E-state index contributed by atoms with van der Waals surface area (Å²) < 4.78 is 13.2. The molecule has 0 bridgehead atoms. The summed E-state index contributed by atoms with van der Waals surface area (Å²) in [5.74, 6) is -1.50. The minimum absolute atomic E-state index is 0.0874. The monoisotopic (exact) mass is 296 g/mol. The maximum atomic E-state index is 13.2. The number of amides is 3. The highest BCUT2D eigenvalue weighted by Gasteiger charge is 2.33. The summed E-state index contributed by atoms with van der Waals surface area (Å²) in [6, 6.07) is 1.62. The number of benzene rings is 1. The molecule has 1 atom stereocenters. The third-order valence-corrected chi connectivity index (χ3v) is 3.25. The van der Waals surface area contributed by atoms with Crippen LogP contribution in [0.25, 0.3) is 0 Å². The lowest BCUT2D eigenvalue weighted by atomic mass is 10.2. The molecule has 1 saturated heterocycles. The van der Waals surface area contributed by atoms with Gasteiger partial charge in [0.05, 0.1) is 4.92 Å². The minimum atomic E-state index is -0.988. The van der Waals surface area contributed by atoms with E-state index in [9.17, 15) is 24.1 Å². The number of nitro benzene ring substituents is 1. The van der Waals surface area contributed by atoms with Crippen molar-refractivity contribution in [1.29, 1.82) is 0 Å². The van der Waals surface area contributed by atoms with Crippen LogP contribution < -0.4 is 11.1 Å². The third-order valence-electron chi connectivity index (χ3n) is 3.25. The van der Waals surface area contributed by atoms with Gasteiger partial charge in [0, 0.05) is 18.3 Å². The second-order valence-corrected chi connectivity index (χ2v) is 4.60. The molecule has 3 amide bonds. The topological polar surface area (TPSA) is 119 Å². The predicted octanol–water partition coefficient (Wildman–Crippen LogP) is 1.22. The number of primary amides is 1. The molecule has 3 N–H and O–H groups in total. The van der Waals surface area contributed by atoms with Gasteiger partial charge in [-0.1, -0.05) is 0 Å². The number of anilines is 1. The summed E-state index contributed by atoms with van der Waals surface area (Å²) in [7, 11) is 0. The molecule has 0 aliphatic carbocycles. The lowest BCUT2D eigenvalue weighted by Crippen LogP contribution is -2.45. The highest BCUT2D eigenvalue weighted by Crippen LogP contribution is 2.23. The lowest BCUT2D eigenvalue weighted by Gasteiger charge is -2.21. The van der Waals surface area contributed by atoms with Gasteiger partial charge in [0.15, 0.2) is 0 Å². The minimum Gasteiger partial charge on any atom is -0.351 e. The first-order chi connectivity index (χ1) is 9.90. The summed E-state index contributed by atoms with van der Waals surface area (Å²) in [6.45, 7) is 0.386. The highest BCUT2D eigenvalue weighted by atomic mass is 19.1. The second-order valence-electron chi connectivity index (χ2n) is 4.60. The van der Waals surface area contributed by atoms with E-state index in [1.807, 2.05) is 0 Å². The summed E-state index contributed by atoms with van der Waals surface area (Å²) in [6.07, 6.45) is 1.10. The molecule has 1 aromatic rings. The molecule has 112 valence electrons. The van der Waals surface area contributed by atoms with Crippen LogP contribution in [0.2, 0.25) is 0 Å². The first-order valence-corrected chi connectivity index (χ1v) is 6.21. The number of hydrogen-bond acceptors (Lipinski definition) is 4. The van der Waals surface area contributed by atoms with E-state index in [4.69, 9.17) is 5.73 Å². The Morgan fingerprint density at radius 3 is 2.81 bits per heavy atom. The fourth-order valence-electron chi connectivity index (χ4n) is 2.26. The van der Waals surface area contributed by atoms with E-state index in [0.29, 0.717) is 19.4 Å². The van der Waals surface area contributed by atoms with Crippen LogP contribution >= 0.6 is 0 Å². The molecule has 2 rings (SSSR count). The van der Waals surface area contributed by atoms with Crippen molar-refractivity contribution in [2.75, 3.05) is 11.9 Å². The molecule has 9 heteroatoms. The van der Waals surface area contributed by atoms with Gasteiger partial charge in [0.1, 0.15) is 6.04 Å². The van der Waals surface area contributed by atoms with Gasteiger partial charge in [-0.3, -0.25) is 14.9 Å². The van der Waals surface area contributed by atoms with E-state index in [1.165, 1.54) is 11.0 Å². The third kappa shape index (κ3) is 3.07. The first-order valence-electron chi connectivity index (χ1n) is 6.21. The molecule has 0 saturated carbocycles. The van der Waals surface area contributed by atoms with Crippen LogP contribution in [0.1, 0.15) is 12.8 Å². The van der Waals surface area contributed by atoms with Gasteiger partial charge in [-0.2, -0.15) is 4.39 Å². The predicted molar refractivity (Wildman–Crippen MR) is 71.0 cm³/mol. The van der Waals surface area contributed by atoms with E-state index >= 15 is 0 Å². The van der Waals surface area contributed by atoms with Crippen LogP contribution in [0.5, 0.6) is 0 Å². The molecule has 8 nitrogen and oxygen atoms in total. The fourth-order valence-corrected chi connectivity index (χ4v) is 2.26. The Bertz CT molecular complexity index is 607. The second kappa shape index (κ2) is 5.73. The van der Waals surface area contributed by atoms with Crippen LogP contribution in [-0.2, 0) is 4.79 Å². The van der Waals surface area contributed by atoms with Gasteiger partial charge in [0.25, 0.3) is 0 Å². The van der Waals surface area contributed by atoms with E-state index in [-0.39, 0.29) is 5.69 Å². The van der Waals surface area contributed by atoms with Crippen LogP contribution in [-0.4, -0.2) is 34.3 Å². The molecule has 1 aromatic carbocycles. The highest BCUT2D eigenvalue weighted by molar-refractivity contribution is 5.97. The number of nitro groups is 1. The molecule has 0 unspecified atom stereocenters. The SMILES string of the molecule is NC(=O)N1CCC[C@@H]1C(=O)Nc1ccc(F)c([N+](=O)[O-])c1. The van der Waals surface area contributed by atoms with Gasteiger partial charge in [-0.25, -0.2) is 4.79 Å². The number of nitrogens with two attached hydrogens (primary N) is 1. The molecule has 0 spiro atoms. The normalized spacial score (nSPS) is 17.6. The van der Waals surface area contributed by atoms with Gasteiger partial charge in [-0.15, -0.1) is 0 Å². The van der Waals surface area contributed by atoms with Crippen LogP contribution in [0, 0.1) is 15.9 Å². The summed E-state index contributed by atoms with van der Waals surface area (Å²) in [5.41, 5.74) is 4.53. The molecular weight excluding hydrogens is 283 g/mol. The van der Waals surface area contributed by atoms with Crippen molar-refractivity contribution >= 4 is 23.3 Å². The smallest absolute Gasteiger partial charge is 0.315 e. The average molecular weight is 296 g/mol. The maximum absolute atomic E-state index is 13.2. The largest absolute Gasteiger partial charge is 0.351 e. The van der Waals surface area contributed by atoms with Crippen molar-refractivity contribution in [3.63, 3.8) is 0 Å². The van der Waals surface area contributed by atoms with Crippen molar-refractivity contribution in [3.8, 4) is 0 Å². The maximum Gasteiger partial charge on any atom is 0.315 e. The Labute approximate surface area is 118 Å². The number of nitrogens with one attached hydrogen (secondary N) is 1. The number of carbonyl (C=O) groups excluding carboxylic acids is 2. The molecule has 1 heterocycles. The van der Waals surface area contributed by atoms with Crippen molar-refractivity contribution in [2.24, 2.45) is 5.73 Å². The Balaban J connectivity index is 2.14. The zero-order valence-electron chi connectivity index (χ0n) is 10.9. The van der Waals surface area contributed by atoms with E-state index in [2.05, 4.69) is 5.32 Å². The average Bonchev–Trinajstić information content (AvgIpc) is 2.90. The molecule has 21 heavy (non-hydrogen) atoms.